The number of hydrogen-bond acceptors (Lipinski definition) is 7. The Morgan fingerprint density at radius 2 is 1.60 bits per heavy atom. The molecule has 1 spiro atoms. The summed E-state index contributed by atoms with van der Waals surface area (Å²) in [4.78, 5) is 51.5. The van der Waals surface area contributed by atoms with Crippen molar-refractivity contribution in [3.8, 4) is 0 Å². The number of rotatable bonds is 10. The number of carbonyl (C=O) groups is 3. The van der Waals surface area contributed by atoms with Crippen molar-refractivity contribution in [2.45, 2.75) is 48.1 Å². The Bertz CT molecular complexity index is 1250. The van der Waals surface area contributed by atoms with Crippen LogP contribution in [0.15, 0.2) is 54.6 Å². The molecular formula is C33H44N4O5S. The van der Waals surface area contributed by atoms with Crippen LogP contribution in [-0.2, 0) is 19.1 Å². The molecule has 5 aliphatic rings. The van der Waals surface area contributed by atoms with Gasteiger partial charge in [0.05, 0.1) is 29.8 Å². The molecule has 1 N–H and O–H groups in total. The molecule has 1 aromatic carbocycles. The first-order valence-electron chi connectivity index (χ1n) is 15.8. The molecule has 5 heterocycles. The zero-order chi connectivity index (χ0) is 30.0. The average Bonchev–Trinajstić information content (AvgIpc) is 3.28. The first-order chi connectivity index (χ1) is 20.9. The van der Waals surface area contributed by atoms with Crippen LogP contribution in [0.5, 0.6) is 0 Å². The first-order valence-corrected chi connectivity index (χ1v) is 16.6. The maximum Gasteiger partial charge on any atom is 0.247 e. The van der Waals surface area contributed by atoms with Gasteiger partial charge in [-0.15, -0.1) is 11.8 Å². The van der Waals surface area contributed by atoms with Crippen LogP contribution in [0, 0.1) is 11.8 Å². The largest absolute Gasteiger partial charge is 0.396 e. The standard InChI is InChI=1S/C33H44N4O5S/c1-32-13-9-17-36(25-11-5-4-6-12-25)29(39)26(32)27-30(40)37(16-7-2-3-8-22-38)28-31(41)35(15-10-14-33(27,28)43-32)19-18-34-20-23-42-24-21-34/h4-6,9-14,26-28,38H,2-3,7-8,15-24H2,1H3/t26-,27-,28?,32+,33-/m0/s1. The van der Waals surface area contributed by atoms with Crippen LogP contribution in [0.25, 0.3) is 0 Å². The summed E-state index contributed by atoms with van der Waals surface area (Å²) in [6.07, 6.45) is 11.6. The molecule has 9 nitrogen and oxygen atoms in total. The summed E-state index contributed by atoms with van der Waals surface area (Å²) in [6, 6.07) is 9.00. The minimum Gasteiger partial charge on any atom is -0.396 e. The molecule has 3 amide bonds. The predicted molar refractivity (Wildman–Crippen MR) is 168 cm³/mol. The van der Waals surface area contributed by atoms with Crippen LogP contribution in [-0.4, -0.2) is 119 Å². The third-order valence-electron chi connectivity index (χ3n) is 9.81. The van der Waals surface area contributed by atoms with E-state index in [1.54, 1.807) is 16.7 Å². The van der Waals surface area contributed by atoms with Gasteiger partial charge in [0, 0.05) is 62.9 Å². The molecule has 0 bridgehead atoms. The molecule has 0 aliphatic carbocycles. The number of morpholine rings is 1. The number of benzene rings is 1. The highest BCUT2D eigenvalue weighted by Gasteiger charge is 2.73. The van der Waals surface area contributed by atoms with Crippen LogP contribution >= 0.6 is 11.8 Å². The van der Waals surface area contributed by atoms with E-state index in [0.29, 0.717) is 39.4 Å². The number of aliphatic hydroxyl groups excluding tert-OH is 1. The Kier molecular flexibility index (Phi) is 9.01. The van der Waals surface area contributed by atoms with Gasteiger partial charge in [-0.1, -0.05) is 55.3 Å². The number of aliphatic hydroxyl groups is 1. The fourth-order valence-electron chi connectivity index (χ4n) is 7.68. The number of amides is 3. The number of ether oxygens (including phenoxy) is 1. The number of para-hydroxylation sites is 1. The quantitative estimate of drug-likeness (QED) is 0.323. The zero-order valence-electron chi connectivity index (χ0n) is 25.1. The molecule has 43 heavy (non-hydrogen) atoms. The van der Waals surface area contributed by atoms with E-state index >= 15 is 0 Å². The molecule has 5 atom stereocenters. The van der Waals surface area contributed by atoms with E-state index in [-0.39, 0.29) is 24.3 Å². The van der Waals surface area contributed by atoms with Gasteiger partial charge >= 0.3 is 0 Å². The van der Waals surface area contributed by atoms with Crippen LogP contribution < -0.4 is 4.90 Å². The Morgan fingerprint density at radius 3 is 2.37 bits per heavy atom. The summed E-state index contributed by atoms with van der Waals surface area (Å²) in [5, 5.41) is 9.23. The van der Waals surface area contributed by atoms with E-state index < -0.39 is 27.4 Å². The lowest BCUT2D eigenvalue weighted by atomic mass is 9.74. The van der Waals surface area contributed by atoms with Crippen molar-refractivity contribution in [2.24, 2.45) is 11.8 Å². The second kappa shape index (κ2) is 12.8. The number of hydrogen-bond donors (Lipinski definition) is 1. The summed E-state index contributed by atoms with van der Waals surface area (Å²) in [6.45, 7) is 8.12. The maximum absolute atomic E-state index is 14.6. The van der Waals surface area contributed by atoms with Crippen LogP contribution in [0.4, 0.5) is 5.69 Å². The van der Waals surface area contributed by atoms with Crippen molar-refractivity contribution in [1.82, 2.24) is 14.7 Å². The van der Waals surface area contributed by atoms with Gasteiger partial charge in [0.25, 0.3) is 0 Å². The van der Waals surface area contributed by atoms with Crippen molar-refractivity contribution in [1.29, 1.82) is 0 Å². The fourth-order valence-corrected chi connectivity index (χ4v) is 9.84. The van der Waals surface area contributed by atoms with Gasteiger partial charge in [-0.05, 0) is 31.9 Å². The van der Waals surface area contributed by atoms with Gasteiger partial charge in [0.15, 0.2) is 0 Å². The summed E-state index contributed by atoms with van der Waals surface area (Å²) in [7, 11) is 0. The summed E-state index contributed by atoms with van der Waals surface area (Å²) in [5.41, 5.74) is 0.817. The topological polar surface area (TPSA) is 93.6 Å². The lowest BCUT2D eigenvalue weighted by molar-refractivity contribution is -0.143. The number of nitrogens with zero attached hydrogens (tertiary/aromatic N) is 4. The molecule has 1 unspecified atom stereocenters. The molecule has 10 heteroatoms. The molecular weight excluding hydrogens is 564 g/mol. The van der Waals surface area contributed by atoms with Crippen LogP contribution in [0.1, 0.15) is 32.6 Å². The van der Waals surface area contributed by atoms with E-state index in [1.807, 2.05) is 46.2 Å². The molecule has 0 saturated carbocycles. The van der Waals surface area contributed by atoms with E-state index in [9.17, 15) is 19.5 Å². The van der Waals surface area contributed by atoms with Gasteiger partial charge in [-0.25, -0.2) is 0 Å². The normalized spacial score (nSPS) is 32.6. The number of unbranched alkanes of at least 4 members (excludes halogenated alkanes) is 3. The minimum atomic E-state index is -0.827. The lowest BCUT2D eigenvalue weighted by Gasteiger charge is -2.37. The Labute approximate surface area is 258 Å². The molecule has 0 radical (unpaired) electrons. The van der Waals surface area contributed by atoms with Gasteiger partial charge in [-0.2, -0.15) is 0 Å². The third kappa shape index (κ3) is 5.56. The number of fused-ring (bicyclic) bond motifs is 2. The molecule has 3 fully saturated rings. The Morgan fingerprint density at radius 1 is 0.860 bits per heavy atom. The molecule has 0 aromatic heterocycles. The SMILES string of the molecule is C[C@@]12C=CCN(c3ccccc3)C(=O)[C@@H]1[C@H]1C(=O)N(CCCCCCO)C3C(=O)N(CCN4CCOCC4)CC=C[C@@]31S2. The van der Waals surface area contributed by atoms with E-state index in [2.05, 4.69) is 30.1 Å². The summed E-state index contributed by atoms with van der Waals surface area (Å²) >= 11 is 1.64. The monoisotopic (exact) mass is 608 g/mol. The first kappa shape index (κ1) is 30.4. The minimum absolute atomic E-state index is 0.0200. The average molecular weight is 609 g/mol. The lowest BCUT2D eigenvalue weighted by Crippen LogP contribution is -2.54. The maximum atomic E-state index is 14.6. The van der Waals surface area contributed by atoms with Crippen molar-refractivity contribution in [3.63, 3.8) is 0 Å². The van der Waals surface area contributed by atoms with Crippen LogP contribution in [0.3, 0.4) is 0 Å². The highest BCUT2D eigenvalue weighted by molar-refractivity contribution is 8.02. The fraction of sp³-hybridized carbons (Fsp3) is 0.606. The van der Waals surface area contributed by atoms with Crippen molar-refractivity contribution in [2.75, 3.05) is 70.5 Å². The molecule has 3 saturated heterocycles. The Hall–Kier alpha value is -2.66. The smallest absolute Gasteiger partial charge is 0.247 e. The molecule has 232 valence electrons. The molecule has 1 aromatic rings. The number of anilines is 1. The highest BCUT2D eigenvalue weighted by atomic mass is 32.2. The number of thioether (sulfide) groups is 1. The van der Waals surface area contributed by atoms with E-state index in [0.717, 1.165) is 51.0 Å². The van der Waals surface area contributed by atoms with Crippen LogP contribution in [0.2, 0.25) is 0 Å². The predicted octanol–water partition coefficient (Wildman–Crippen LogP) is 2.56. The second-order valence-corrected chi connectivity index (χ2v) is 14.3. The van der Waals surface area contributed by atoms with E-state index in [4.69, 9.17) is 4.74 Å². The summed E-state index contributed by atoms with van der Waals surface area (Å²) in [5.74, 6) is -1.39. The third-order valence-corrected chi connectivity index (χ3v) is 11.6. The second-order valence-electron chi connectivity index (χ2n) is 12.5. The summed E-state index contributed by atoms with van der Waals surface area (Å²) < 4.78 is 4.05. The van der Waals surface area contributed by atoms with Crippen molar-refractivity contribution in [3.05, 3.63) is 54.6 Å². The van der Waals surface area contributed by atoms with Crippen molar-refractivity contribution >= 4 is 35.2 Å². The number of likely N-dealkylation sites (tertiary alicyclic amines) is 1. The van der Waals surface area contributed by atoms with Crippen molar-refractivity contribution < 1.29 is 24.2 Å². The zero-order valence-corrected chi connectivity index (χ0v) is 25.9. The highest BCUT2D eigenvalue weighted by Crippen LogP contribution is 2.65. The number of carbonyl (C=O) groups excluding carboxylic acids is 3. The van der Waals surface area contributed by atoms with Gasteiger partial charge in [-0.3, -0.25) is 19.3 Å². The Balaban J connectivity index is 1.33. The molecule has 5 aliphatic heterocycles. The van der Waals surface area contributed by atoms with E-state index in [1.165, 1.54) is 0 Å². The van der Waals surface area contributed by atoms with Gasteiger partial charge < -0.3 is 24.5 Å². The van der Waals surface area contributed by atoms with Gasteiger partial charge in [0.1, 0.15) is 6.04 Å². The molecule has 6 rings (SSSR count). The van der Waals surface area contributed by atoms with Gasteiger partial charge in [0.2, 0.25) is 17.7 Å².